The summed E-state index contributed by atoms with van der Waals surface area (Å²) in [5.41, 5.74) is 4.69. The Morgan fingerprint density at radius 1 is 1.17 bits per heavy atom. The molecule has 1 rings (SSSR count). The molecule has 0 bridgehead atoms. The lowest BCUT2D eigenvalue weighted by Crippen LogP contribution is -2.57. The minimum absolute atomic E-state index is 0.0531. The fourth-order valence-corrected chi connectivity index (χ4v) is 3.18. The highest BCUT2D eigenvalue weighted by atomic mass is 32.2. The third kappa shape index (κ3) is 3.45. The number of hydrogen-bond acceptors (Lipinski definition) is 4. The van der Waals surface area contributed by atoms with Gasteiger partial charge in [0.1, 0.15) is 9.84 Å². The van der Waals surface area contributed by atoms with Gasteiger partial charge in [0.25, 0.3) is 0 Å². The minimum Gasteiger partial charge on any atom is -0.353 e. The van der Waals surface area contributed by atoms with Crippen molar-refractivity contribution >= 4 is 15.7 Å². The Morgan fingerprint density at radius 3 is 2.00 bits per heavy atom. The van der Waals surface area contributed by atoms with Gasteiger partial charge in [-0.1, -0.05) is 0 Å². The van der Waals surface area contributed by atoms with E-state index in [1.165, 1.54) is 0 Å². The van der Waals surface area contributed by atoms with Crippen molar-refractivity contribution in [3.8, 4) is 0 Å². The Balaban J connectivity index is 2.62. The van der Waals surface area contributed by atoms with E-state index in [1.807, 2.05) is 27.7 Å². The van der Waals surface area contributed by atoms with E-state index < -0.39 is 20.8 Å². The van der Waals surface area contributed by atoms with E-state index in [4.69, 9.17) is 5.73 Å². The summed E-state index contributed by atoms with van der Waals surface area (Å²) >= 11 is 0. The Bertz CT molecular complexity index is 407. The van der Waals surface area contributed by atoms with Crippen molar-refractivity contribution < 1.29 is 13.2 Å². The van der Waals surface area contributed by atoms with Crippen LogP contribution in [0, 0.1) is 5.41 Å². The molecule has 1 aliphatic heterocycles. The van der Waals surface area contributed by atoms with Gasteiger partial charge in [-0.15, -0.1) is 0 Å². The summed E-state index contributed by atoms with van der Waals surface area (Å²) < 4.78 is 22.6. The van der Waals surface area contributed by atoms with Gasteiger partial charge in [-0.25, -0.2) is 8.42 Å². The molecular weight excluding hydrogens is 252 g/mol. The molecule has 1 fully saturated rings. The Labute approximate surface area is 109 Å². The molecule has 0 spiro atoms. The second kappa shape index (κ2) is 4.81. The molecule has 5 nitrogen and oxygen atoms in total. The van der Waals surface area contributed by atoms with Crippen LogP contribution in [0.15, 0.2) is 0 Å². The van der Waals surface area contributed by atoms with E-state index >= 15 is 0 Å². The fraction of sp³-hybridized carbons (Fsp3) is 0.917. The van der Waals surface area contributed by atoms with Crippen LogP contribution >= 0.6 is 0 Å². The van der Waals surface area contributed by atoms with Crippen LogP contribution in [0.1, 0.15) is 40.5 Å². The minimum atomic E-state index is -2.89. The maximum Gasteiger partial charge on any atom is 0.227 e. The molecule has 106 valence electrons. The molecule has 0 unspecified atom stereocenters. The normalized spacial score (nSPS) is 21.6. The summed E-state index contributed by atoms with van der Waals surface area (Å²) in [4.78, 5) is 12.2. The van der Waals surface area contributed by atoms with Crippen LogP contribution in [0.4, 0.5) is 0 Å². The molecule has 0 aliphatic carbocycles. The quantitative estimate of drug-likeness (QED) is 0.783. The predicted octanol–water partition coefficient (Wildman–Crippen LogP) is 0.443. The van der Waals surface area contributed by atoms with E-state index in [1.54, 1.807) is 0 Å². The van der Waals surface area contributed by atoms with Gasteiger partial charge in [-0.05, 0) is 40.5 Å². The first-order chi connectivity index (χ1) is 7.96. The van der Waals surface area contributed by atoms with Gasteiger partial charge in [0.15, 0.2) is 0 Å². The first-order valence-electron chi connectivity index (χ1n) is 6.26. The maximum atomic E-state index is 12.2. The van der Waals surface area contributed by atoms with Crippen molar-refractivity contribution in [3.05, 3.63) is 0 Å². The molecule has 0 aromatic carbocycles. The SMILES string of the molecule is CC(C)(N)C(C)(C)C(=O)NC1CCS(=O)(=O)CC1. The maximum absolute atomic E-state index is 12.2. The number of carbonyl (C=O) groups excluding carboxylic acids is 1. The molecule has 0 saturated carbocycles. The van der Waals surface area contributed by atoms with Gasteiger partial charge in [-0.2, -0.15) is 0 Å². The van der Waals surface area contributed by atoms with Crippen molar-refractivity contribution in [2.75, 3.05) is 11.5 Å². The molecule has 0 aromatic heterocycles. The highest BCUT2D eigenvalue weighted by Crippen LogP contribution is 2.29. The van der Waals surface area contributed by atoms with Crippen molar-refractivity contribution in [1.82, 2.24) is 5.32 Å². The van der Waals surface area contributed by atoms with Gasteiger partial charge in [0.2, 0.25) is 5.91 Å². The molecule has 1 heterocycles. The summed E-state index contributed by atoms with van der Waals surface area (Å²) in [6, 6.07) is -0.0531. The first kappa shape index (κ1) is 15.4. The van der Waals surface area contributed by atoms with E-state index in [-0.39, 0.29) is 23.5 Å². The van der Waals surface area contributed by atoms with Crippen LogP contribution in [-0.2, 0) is 14.6 Å². The second-order valence-electron chi connectivity index (χ2n) is 6.25. The molecule has 0 atom stereocenters. The molecule has 0 radical (unpaired) electrons. The number of hydrogen-bond donors (Lipinski definition) is 2. The first-order valence-corrected chi connectivity index (χ1v) is 8.08. The van der Waals surface area contributed by atoms with Gasteiger partial charge in [0, 0.05) is 11.6 Å². The van der Waals surface area contributed by atoms with Crippen LogP contribution in [0.2, 0.25) is 0 Å². The molecule has 1 aliphatic rings. The van der Waals surface area contributed by atoms with E-state index in [9.17, 15) is 13.2 Å². The molecule has 1 saturated heterocycles. The lowest BCUT2D eigenvalue weighted by atomic mass is 9.74. The highest BCUT2D eigenvalue weighted by Gasteiger charge is 2.41. The average molecular weight is 276 g/mol. The molecule has 6 heteroatoms. The molecule has 3 N–H and O–H groups in total. The number of amides is 1. The van der Waals surface area contributed by atoms with E-state index in [0.29, 0.717) is 12.8 Å². The average Bonchev–Trinajstić information content (AvgIpc) is 2.19. The zero-order valence-corrected chi connectivity index (χ0v) is 12.4. The molecular formula is C12H24N2O3S. The lowest BCUT2D eigenvalue weighted by molar-refractivity contribution is -0.133. The zero-order chi connectivity index (χ0) is 14.2. The summed E-state index contributed by atoms with van der Waals surface area (Å²) in [6.07, 6.45) is 0.990. The van der Waals surface area contributed by atoms with Crippen LogP contribution in [0.25, 0.3) is 0 Å². The van der Waals surface area contributed by atoms with Crippen LogP contribution in [0.3, 0.4) is 0 Å². The number of nitrogens with two attached hydrogens (primary N) is 1. The topological polar surface area (TPSA) is 89.3 Å². The number of carbonyl (C=O) groups is 1. The third-order valence-corrected chi connectivity index (χ3v) is 5.78. The van der Waals surface area contributed by atoms with E-state index in [2.05, 4.69) is 5.32 Å². The van der Waals surface area contributed by atoms with Gasteiger partial charge in [-0.3, -0.25) is 4.79 Å². The van der Waals surface area contributed by atoms with Crippen molar-refractivity contribution in [2.24, 2.45) is 11.1 Å². The molecule has 18 heavy (non-hydrogen) atoms. The third-order valence-electron chi connectivity index (χ3n) is 4.07. The number of sulfone groups is 1. The predicted molar refractivity (Wildman–Crippen MR) is 71.9 cm³/mol. The van der Waals surface area contributed by atoms with Gasteiger partial charge >= 0.3 is 0 Å². The van der Waals surface area contributed by atoms with Crippen LogP contribution < -0.4 is 11.1 Å². The molecule has 0 aromatic rings. The van der Waals surface area contributed by atoms with E-state index in [0.717, 1.165) is 0 Å². The molecule has 1 amide bonds. The number of rotatable bonds is 3. The number of nitrogens with one attached hydrogen (secondary N) is 1. The second-order valence-corrected chi connectivity index (χ2v) is 8.55. The van der Waals surface area contributed by atoms with Gasteiger partial charge < -0.3 is 11.1 Å². The van der Waals surface area contributed by atoms with Crippen molar-refractivity contribution in [2.45, 2.75) is 52.1 Å². The standard InChI is InChI=1S/C12H24N2O3S/c1-11(2,12(3,4)13)10(15)14-9-5-7-18(16,17)8-6-9/h9H,5-8,13H2,1-4H3,(H,14,15). The lowest BCUT2D eigenvalue weighted by Gasteiger charge is -2.38. The fourth-order valence-electron chi connectivity index (χ4n) is 1.69. The smallest absolute Gasteiger partial charge is 0.227 e. The van der Waals surface area contributed by atoms with Crippen molar-refractivity contribution in [1.29, 1.82) is 0 Å². The monoisotopic (exact) mass is 276 g/mol. The Kier molecular flexibility index (Phi) is 4.13. The van der Waals surface area contributed by atoms with Crippen LogP contribution in [-0.4, -0.2) is 37.4 Å². The largest absolute Gasteiger partial charge is 0.353 e. The van der Waals surface area contributed by atoms with Crippen molar-refractivity contribution in [3.63, 3.8) is 0 Å². The summed E-state index contributed by atoms with van der Waals surface area (Å²) in [6.45, 7) is 7.25. The zero-order valence-electron chi connectivity index (χ0n) is 11.6. The Hall–Kier alpha value is -0.620. The summed E-state index contributed by atoms with van der Waals surface area (Å²) in [5.74, 6) is 0.203. The Morgan fingerprint density at radius 2 is 1.61 bits per heavy atom. The summed E-state index contributed by atoms with van der Waals surface area (Å²) in [7, 11) is -2.89. The van der Waals surface area contributed by atoms with Gasteiger partial charge in [0.05, 0.1) is 16.9 Å². The highest BCUT2D eigenvalue weighted by molar-refractivity contribution is 7.91. The summed E-state index contributed by atoms with van der Waals surface area (Å²) in [5, 5.41) is 2.92. The van der Waals surface area contributed by atoms with Crippen LogP contribution in [0.5, 0.6) is 0 Å².